The first-order chi connectivity index (χ1) is 14.4. The molecule has 2 aromatic carbocycles. The van der Waals surface area contributed by atoms with Crippen LogP contribution in [0.5, 0.6) is 5.75 Å². The zero-order valence-electron chi connectivity index (χ0n) is 16.3. The zero-order valence-corrected chi connectivity index (χ0v) is 17.1. The lowest BCUT2D eigenvalue weighted by Gasteiger charge is -2.13. The second-order valence-electron chi connectivity index (χ2n) is 6.74. The van der Waals surface area contributed by atoms with Gasteiger partial charge in [-0.1, -0.05) is 24.3 Å². The number of nitrogens with one attached hydrogen (secondary N) is 1. The minimum absolute atomic E-state index is 0.201. The highest BCUT2D eigenvalue weighted by atomic mass is 32.2. The maximum atomic E-state index is 13.9. The normalized spacial score (nSPS) is 11.6. The van der Waals surface area contributed by atoms with Gasteiger partial charge in [0.25, 0.3) is 0 Å². The molecule has 0 aliphatic heterocycles. The molecule has 0 saturated carbocycles. The summed E-state index contributed by atoms with van der Waals surface area (Å²) in [7, 11) is -1.83. The third-order valence-electron chi connectivity index (χ3n) is 4.76. The number of nitrogens with zero attached hydrogens (tertiary/aromatic N) is 3. The summed E-state index contributed by atoms with van der Waals surface area (Å²) in [5, 5.41) is 11.5. The van der Waals surface area contributed by atoms with Gasteiger partial charge in [-0.25, -0.2) is 12.8 Å². The van der Waals surface area contributed by atoms with Crippen molar-refractivity contribution < 1.29 is 17.5 Å². The molecule has 0 radical (unpaired) electrons. The molecule has 0 spiro atoms. The molecule has 0 fully saturated rings. The minimum atomic E-state index is -3.26. The molecule has 0 bridgehead atoms. The molecule has 0 saturated heterocycles. The van der Waals surface area contributed by atoms with E-state index in [-0.39, 0.29) is 10.6 Å². The lowest BCUT2D eigenvalue weighted by Crippen LogP contribution is -2.06. The summed E-state index contributed by atoms with van der Waals surface area (Å²) in [6.07, 6.45) is 2.75. The second kappa shape index (κ2) is 7.75. The number of hydrogen-bond acceptors (Lipinski definition) is 6. The molecule has 4 aromatic rings. The number of pyridine rings is 1. The van der Waals surface area contributed by atoms with Crippen molar-refractivity contribution in [2.75, 3.05) is 18.7 Å². The van der Waals surface area contributed by atoms with Crippen LogP contribution in [-0.2, 0) is 16.4 Å². The molecule has 7 nitrogen and oxygen atoms in total. The predicted octanol–water partition coefficient (Wildman–Crippen LogP) is 3.56. The lowest BCUT2D eigenvalue weighted by atomic mass is 10.1. The van der Waals surface area contributed by atoms with Crippen molar-refractivity contribution >= 4 is 21.3 Å². The lowest BCUT2D eigenvalue weighted by molar-refractivity contribution is 0.382. The van der Waals surface area contributed by atoms with Crippen LogP contribution in [0.2, 0.25) is 0 Å². The number of anilines is 1. The predicted molar refractivity (Wildman–Crippen MR) is 112 cm³/mol. The number of hydrogen-bond donors (Lipinski definition) is 1. The number of para-hydroxylation sites is 1. The summed E-state index contributed by atoms with van der Waals surface area (Å²) >= 11 is 0. The van der Waals surface area contributed by atoms with Gasteiger partial charge in [0.05, 0.1) is 12.0 Å². The van der Waals surface area contributed by atoms with Gasteiger partial charge >= 0.3 is 0 Å². The van der Waals surface area contributed by atoms with Gasteiger partial charge < -0.3 is 10.1 Å². The first-order valence-corrected chi connectivity index (χ1v) is 11.0. The standard InChI is InChI=1S/C21H19FN4O3S/c1-29-20-15(4-3-5-18(20)22)12-23-19-11-10-17(21-25-24-13-26(19)21)14-6-8-16(9-7-14)30(2,27)28/h3-11,13,23H,12H2,1-2H3. The number of ether oxygens (including phenoxy) is 1. The van der Waals surface area contributed by atoms with Crippen LogP contribution in [0.15, 0.2) is 65.8 Å². The van der Waals surface area contributed by atoms with E-state index in [1.807, 2.05) is 12.1 Å². The maximum Gasteiger partial charge on any atom is 0.175 e. The van der Waals surface area contributed by atoms with Gasteiger partial charge in [0.15, 0.2) is 27.1 Å². The Balaban J connectivity index is 1.66. The number of sulfone groups is 1. The Kier molecular flexibility index (Phi) is 5.13. The quantitative estimate of drug-likeness (QED) is 0.507. The van der Waals surface area contributed by atoms with Gasteiger partial charge in [-0.15, -0.1) is 10.2 Å². The summed E-state index contributed by atoms with van der Waals surface area (Å²) in [5.41, 5.74) is 2.91. The van der Waals surface area contributed by atoms with Gasteiger partial charge in [-0.05, 0) is 35.9 Å². The summed E-state index contributed by atoms with van der Waals surface area (Å²) in [4.78, 5) is 0.256. The van der Waals surface area contributed by atoms with E-state index < -0.39 is 15.7 Å². The number of methoxy groups -OCH3 is 1. The number of rotatable bonds is 6. The van der Waals surface area contributed by atoms with Gasteiger partial charge in [0, 0.05) is 23.9 Å². The molecular formula is C21H19FN4O3S. The number of halogens is 1. The molecule has 0 atom stereocenters. The van der Waals surface area contributed by atoms with Gasteiger partial charge in [-0.3, -0.25) is 4.40 Å². The highest BCUT2D eigenvalue weighted by Crippen LogP contribution is 2.28. The molecule has 0 amide bonds. The molecule has 2 aromatic heterocycles. The summed E-state index contributed by atoms with van der Waals surface area (Å²) in [6, 6.07) is 15.1. The Labute approximate surface area is 173 Å². The molecule has 1 N–H and O–H groups in total. The van der Waals surface area contributed by atoms with Crippen molar-refractivity contribution in [3.63, 3.8) is 0 Å². The highest BCUT2D eigenvalue weighted by molar-refractivity contribution is 7.90. The van der Waals surface area contributed by atoms with Crippen LogP contribution in [0.4, 0.5) is 10.2 Å². The Morgan fingerprint density at radius 2 is 1.87 bits per heavy atom. The topological polar surface area (TPSA) is 85.6 Å². The fraction of sp³-hybridized carbons (Fsp3) is 0.143. The molecule has 2 heterocycles. The van der Waals surface area contributed by atoms with E-state index in [2.05, 4.69) is 15.5 Å². The maximum absolute atomic E-state index is 13.9. The van der Waals surface area contributed by atoms with E-state index in [0.717, 1.165) is 16.9 Å². The van der Waals surface area contributed by atoms with Crippen molar-refractivity contribution in [2.45, 2.75) is 11.4 Å². The molecule has 30 heavy (non-hydrogen) atoms. The Morgan fingerprint density at radius 1 is 1.10 bits per heavy atom. The van der Waals surface area contributed by atoms with E-state index in [1.165, 1.54) is 19.4 Å². The Bertz CT molecular complexity index is 1320. The first-order valence-electron chi connectivity index (χ1n) is 9.07. The van der Waals surface area contributed by atoms with Crippen molar-refractivity contribution in [1.82, 2.24) is 14.6 Å². The van der Waals surface area contributed by atoms with Crippen molar-refractivity contribution in [1.29, 1.82) is 0 Å². The van der Waals surface area contributed by atoms with Gasteiger partial charge in [0.2, 0.25) is 0 Å². The third kappa shape index (κ3) is 3.71. The van der Waals surface area contributed by atoms with E-state index in [0.29, 0.717) is 17.8 Å². The Hall–Kier alpha value is -3.46. The van der Waals surface area contributed by atoms with Crippen molar-refractivity contribution in [3.05, 3.63) is 72.3 Å². The smallest absolute Gasteiger partial charge is 0.175 e. The van der Waals surface area contributed by atoms with E-state index in [4.69, 9.17) is 4.74 Å². The summed E-state index contributed by atoms with van der Waals surface area (Å²) < 4.78 is 44.2. The molecule has 0 aliphatic carbocycles. The van der Waals surface area contributed by atoms with Crippen LogP contribution in [0, 0.1) is 5.82 Å². The zero-order chi connectivity index (χ0) is 21.3. The van der Waals surface area contributed by atoms with Crippen LogP contribution >= 0.6 is 0 Å². The first kappa shape index (κ1) is 19.8. The van der Waals surface area contributed by atoms with Crippen LogP contribution in [0.25, 0.3) is 16.8 Å². The second-order valence-corrected chi connectivity index (χ2v) is 8.75. The SMILES string of the molecule is COc1c(F)cccc1CNc1ccc(-c2ccc(S(C)(=O)=O)cc2)c2nncn12. The highest BCUT2D eigenvalue weighted by Gasteiger charge is 2.13. The molecular weight excluding hydrogens is 407 g/mol. The molecule has 0 unspecified atom stereocenters. The minimum Gasteiger partial charge on any atom is -0.493 e. The molecule has 9 heteroatoms. The molecule has 4 rings (SSSR count). The van der Waals surface area contributed by atoms with Crippen LogP contribution < -0.4 is 10.1 Å². The van der Waals surface area contributed by atoms with E-state index in [1.54, 1.807) is 47.1 Å². The van der Waals surface area contributed by atoms with E-state index >= 15 is 0 Å². The van der Waals surface area contributed by atoms with Crippen LogP contribution in [-0.4, -0.2) is 36.4 Å². The van der Waals surface area contributed by atoms with Gasteiger partial charge in [-0.2, -0.15) is 0 Å². The van der Waals surface area contributed by atoms with Crippen LogP contribution in [0.1, 0.15) is 5.56 Å². The average molecular weight is 426 g/mol. The Morgan fingerprint density at radius 3 is 2.57 bits per heavy atom. The third-order valence-corrected chi connectivity index (χ3v) is 5.89. The fourth-order valence-corrected chi connectivity index (χ4v) is 3.90. The average Bonchev–Trinajstić information content (AvgIpc) is 3.22. The van der Waals surface area contributed by atoms with Crippen LogP contribution in [0.3, 0.4) is 0 Å². The number of benzene rings is 2. The van der Waals surface area contributed by atoms with Crippen molar-refractivity contribution in [3.8, 4) is 16.9 Å². The monoisotopic (exact) mass is 426 g/mol. The largest absolute Gasteiger partial charge is 0.493 e. The number of aromatic nitrogens is 3. The van der Waals surface area contributed by atoms with Gasteiger partial charge in [0.1, 0.15) is 12.1 Å². The summed E-state index contributed by atoms with van der Waals surface area (Å²) in [6.45, 7) is 0.344. The number of fused-ring (bicyclic) bond motifs is 1. The fourth-order valence-electron chi connectivity index (χ4n) is 3.27. The van der Waals surface area contributed by atoms with Crippen molar-refractivity contribution in [2.24, 2.45) is 0 Å². The molecule has 0 aliphatic rings. The molecule has 154 valence electrons. The summed E-state index contributed by atoms with van der Waals surface area (Å²) in [5.74, 6) is 0.504. The van der Waals surface area contributed by atoms with E-state index in [9.17, 15) is 12.8 Å².